The van der Waals surface area contributed by atoms with Crippen LogP contribution in [0.4, 0.5) is 0 Å². The van der Waals surface area contributed by atoms with Crippen molar-refractivity contribution in [2.45, 2.75) is 52.4 Å². The van der Waals surface area contributed by atoms with Gasteiger partial charge < -0.3 is 0 Å². The lowest BCUT2D eigenvalue weighted by atomic mass is 9.88. The van der Waals surface area contributed by atoms with Crippen LogP contribution >= 0.6 is 22.7 Å². The molecule has 0 nitrogen and oxygen atoms in total. The summed E-state index contributed by atoms with van der Waals surface area (Å²) >= 11 is 3.97. The van der Waals surface area contributed by atoms with E-state index in [0.717, 1.165) is 0 Å². The maximum Gasteiger partial charge on any atom is 0.0437 e. The molecule has 0 atom stereocenters. The highest BCUT2D eigenvalue weighted by Gasteiger charge is 2.27. The van der Waals surface area contributed by atoms with Crippen LogP contribution in [-0.4, -0.2) is 0 Å². The Labute approximate surface area is 290 Å². The molecule has 0 saturated heterocycles. The molecule has 2 aromatic heterocycles. The summed E-state index contributed by atoms with van der Waals surface area (Å²) in [5.74, 6) is 0. The first kappa shape index (κ1) is 29.6. The van der Waals surface area contributed by atoms with Gasteiger partial charge >= 0.3 is 0 Å². The van der Waals surface area contributed by atoms with Crippen LogP contribution in [0.1, 0.15) is 51.3 Å². The maximum atomic E-state index is 2.51. The van der Waals surface area contributed by atoms with Crippen LogP contribution in [0, 0.1) is 0 Å². The highest BCUT2D eigenvalue weighted by molar-refractivity contribution is 7.22. The van der Waals surface area contributed by atoms with Gasteiger partial charge in [0.15, 0.2) is 0 Å². The number of thiophene rings is 2. The lowest BCUT2D eigenvalue weighted by Gasteiger charge is -2.15. The smallest absolute Gasteiger partial charge is 0.0437 e. The van der Waals surface area contributed by atoms with Crippen molar-refractivity contribution >= 4 is 85.9 Å². The van der Waals surface area contributed by atoms with E-state index in [9.17, 15) is 0 Å². The van der Waals surface area contributed by atoms with E-state index in [-0.39, 0.29) is 10.8 Å². The van der Waals surface area contributed by atoms with Gasteiger partial charge in [-0.05, 0) is 89.3 Å². The summed E-state index contributed by atoms with van der Waals surface area (Å²) in [5, 5.41) is 13.1. The van der Waals surface area contributed by atoms with Gasteiger partial charge in [-0.2, -0.15) is 0 Å². The summed E-state index contributed by atoms with van der Waals surface area (Å²) in [4.78, 5) is 2.84. The minimum Gasteiger partial charge on any atom is -0.139 e. The zero-order valence-electron chi connectivity index (χ0n) is 28.4. The Morgan fingerprint density at radius 1 is 0.354 bits per heavy atom. The molecule has 0 N–H and O–H groups in total. The first-order valence-corrected chi connectivity index (χ1v) is 18.6. The van der Waals surface area contributed by atoms with E-state index in [1.165, 1.54) is 95.3 Å². The second-order valence-electron chi connectivity index (χ2n) is 15.4. The third-order valence-electron chi connectivity index (χ3n) is 10.0. The summed E-state index contributed by atoms with van der Waals surface area (Å²) in [6, 6.07) is 45.9. The Kier molecular flexibility index (Phi) is 6.48. The SMILES string of the molecule is CC(C)(C)c1cc2c(-c3ccc4ccc5ccccc5c4c3)c3sc(C(C)(C)C)cc3c(-c3ccc4ccc5ccccc5c4c3)c2s1. The topological polar surface area (TPSA) is 0 Å². The quantitative estimate of drug-likeness (QED) is 0.163. The van der Waals surface area contributed by atoms with Gasteiger partial charge in [-0.1, -0.05) is 139 Å². The summed E-state index contributed by atoms with van der Waals surface area (Å²) in [6.45, 7) is 14.1. The second-order valence-corrected chi connectivity index (χ2v) is 17.5. The Bertz CT molecular complexity index is 2490. The molecule has 0 aliphatic heterocycles. The first-order valence-electron chi connectivity index (χ1n) is 16.9. The minimum absolute atomic E-state index is 0.0431. The van der Waals surface area contributed by atoms with E-state index in [2.05, 4.69) is 163 Å². The molecule has 0 amide bonds. The molecule has 0 bridgehead atoms. The van der Waals surface area contributed by atoms with Gasteiger partial charge in [0, 0.05) is 41.1 Å². The van der Waals surface area contributed by atoms with Crippen molar-refractivity contribution < 1.29 is 0 Å². The molecule has 9 aromatic rings. The highest BCUT2D eigenvalue weighted by Crippen LogP contribution is 2.52. The second kappa shape index (κ2) is 10.5. The van der Waals surface area contributed by atoms with Crippen molar-refractivity contribution in [1.82, 2.24) is 0 Å². The van der Waals surface area contributed by atoms with Crippen LogP contribution < -0.4 is 0 Å². The zero-order valence-corrected chi connectivity index (χ0v) is 30.0. The van der Waals surface area contributed by atoms with Gasteiger partial charge in [0.2, 0.25) is 0 Å². The molecule has 0 fully saturated rings. The third kappa shape index (κ3) is 4.61. The molecule has 2 heteroatoms. The molecule has 2 heterocycles. The first-order chi connectivity index (χ1) is 23.0. The average molecular weight is 655 g/mol. The Hall–Kier alpha value is -4.50. The molecule has 9 rings (SSSR count). The number of hydrogen-bond donors (Lipinski definition) is 0. The number of benzene rings is 7. The fourth-order valence-electron chi connectivity index (χ4n) is 7.40. The summed E-state index contributed by atoms with van der Waals surface area (Å²) < 4.78 is 2.77. The lowest BCUT2D eigenvalue weighted by molar-refractivity contribution is 0.604. The Morgan fingerprint density at radius 2 is 0.708 bits per heavy atom. The largest absolute Gasteiger partial charge is 0.139 e. The van der Waals surface area contributed by atoms with Gasteiger partial charge in [0.25, 0.3) is 0 Å². The Morgan fingerprint density at radius 3 is 1.10 bits per heavy atom. The average Bonchev–Trinajstić information content (AvgIpc) is 3.73. The van der Waals surface area contributed by atoms with Crippen molar-refractivity contribution in [1.29, 1.82) is 0 Å². The van der Waals surface area contributed by atoms with E-state index in [1.54, 1.807) is 0 Å². The standard InChI is InChI=1S/C46H38S2/c1-45(2,3)39-25-37-41(31-21-19-29-17-15-27-11-7-9-13-33(27)35(29)23-31)44-38(26-40(48-44)46(4,5)6)42(43(37)47-39)32-22-20-30-18-16-28-12-8-10-14-34(28)36(30)24-32/h7-26H,1-6H3. The van der Waals surface area contributed by atoms with Crippen LogP contribution in [0.3, 0.4) is 0 Å². The molecule has 0 radical (unpaired) electrons. The third-order valence-corrected chi connectivity index (χ3v) is 13.2. The fourth-order valence-corrected chi connectivity index (χ4v) is 10.0. The van der Waals surface area contributed by atoms with Gasteiger partial charge in [-0.3, -0.25) is 0 Å². The normalized spacial score (nSPS) is 12.8. The zero-order chi connectivity index (χ0) is 32.9. The van der Waals surface area contributed by atoms with Crippen molar-refractivity contribution in [2.24, 2.45) is 0 Å². The Balaban J connectivity index is 1.43. The summed E-state index contributed by atoms with van der Waals surface area (Å²) in [6.07, 6.45) is 0. The molecule has 0 aliphatic carbocycles. The molecule has 0 spiro atoms. The molecular formula is C46H38S2. The maximum absolute atomic E-state index is 2.51. The molecule has 48 heavy (non-hydrogen) atoms. The minimum atomic E-state index is 0.0431. The van der Waals surface area contributed by atoms with Gasteiger partial charge in [0.1, 0.15) is 0 Å². The highest BCUT2D eigenvalue weighted by atomic mass is 32.1. The van der Waals surface area contributed by atoms with Crippen LogP contribution in [0.5, 0.6) is 0 Å². The van der Waals surface area contributed by atoms with Crippen LogP contribution in [0.25, 0.3) is 85.5 Å². The molecule has 0 saturated carbocycles. The van der Waals surface area contributed by atoms with Gasteiger partial charge in [-0.25, -0.2) is 0 Å². The summed E-state index contributed by atoms with van der Waals surface area (Å²) in [5.41, 5.74) is 5.42. The van der Waals surface area contributed by atoms with E-state index in [1.807, 2.05) is 22.7 Å². The summed E-state index contributed by atoms with van der Waals surface area (Å²) in [7, 11) is 0. The molecule has 0 aliphatic rings. The number of fused-ring (bicyclic) bond motifs is 8. The van der Waals surface area contributed by atoms with Crippen LogP contribution in [0.15, 0.2) is 121 Å². The lowest BCUT2D eigenvalue weighted by Crippen LogP contribution is -2.07. The van der Waals surface area contributed by atoms with E-state index in [0.29, 0.717) is 0 Å². The monoisotopic (exact) mass is 654 g/mol. The van der Waals surface area contributed by atoms with Crippen LogP contribution in [0.2, 0.25) is 0 Å². The fraction of sp³-hybridized carbons (Fsp3) is 0.174. The van der Waals surface area contributed by atoms with Crippen molar-refractivity contribution in [2.75, 3.05) is 0 Å². The van der Waals surface area contributed by atoms with Crippen LogP contribution in [-0.2, 0) is 10.8 Å². The van der Waals surface area contributed by atoms with E-state index >= 15 is 0 Å². The predicted molar refractivity (Wildman–Crippen MR) is 216 cm³/mol. The molecule has 234 valence electrons. The number of rotatable bonds is 2. The van der Waals surface area contributed by atoms with Gasteiger partial charge in [0.05, 0.1) is 0 Å². The van der Waals surface area contributed by atoms with Crippen molar-refractivity contribution in [3.8, 4) is 22.3 Å². The molecular weight excluding hydrogens is 617 g/mol. The molecule has 0 unspecified atom stereocenters. The molecule has 7 aromatic carbocycles. The number of hydrogen-bond acceptors (Lipinski definition) is 2. The van der Waals surface area contributed by atoms with Crippen molar-refractivity contribution in [3.05, 3.63) is 131 Å². The van der Waals surface area contributed by atoms with E-state index < -0.39 is 0 Å². The van der Waals surface area contributed by atoms with E-state index in [4.69, 9.17) is 0 Å². The van der Waals surface area contributed by atoms with Crippen molar-refractivity contribution in [3.63, 3.8) is 0 Å². The van der Waals surface area contributed by atoms with Gasteiger partial charge in [-0.15, -0.1) is 22.7 Å². The predicted octanol–water partition coefficient (Wildman–Crippen LogP) is 14.7.